The molecule has 0 amide bonds. The summed E-state index contributed by atoms with van der Waals surface area (Å²) in [4.78, 5) is 15.6. The van der Waals surface area contributed by atoms with E-state index in [1.807, 2.05) is 0 Å². The highest BCUT2D eigenvalue weighted by Gasteiger charge is 2.26. The predicted molar refractivity (Wildman–Crippen MR) is 131 cm³/mol. The number of nitrogens with two attached hydrogens (primary N) is 2. The fourth-order valence-corrected chi connectivity index (χ4v) is 3.89. The zero-order valence-electron chi connectivity index (χ0n) is 19.2. The van der Waals surface area contributed by atoms with Gasteiger partial charge in [-0.05, 0) is 30.2 Å². The number of amidine groups is 1. The molecule has 4 rings (SSSR count). The number of hydrogen-bond acceptors (Lipinski definition) is 6. The van der Waals surface area contributed by atoms with Crippen molar-refractivity contribution in [3.8, 4) is 17.2 Å². The molecule has 0 bridgehead atoms. The molecule has 6 N–H and O–H groups in total. The largest absolute Gasteiger partial charge is 0.493 e. The Morgan fingerprint density at radius 2 is 1.77 bits per heavy atom. The number of H-pyrrole nitrogens is 1. The first kappa shape index (κ1) is 23.6. The lowest BCUT2D eigenvalue weighted by Gasteiger charge is -2.18. The standard InChI is InChI=1S/C25H25FN6O3/c1-34-21-12-16(18(26)13-22(21)35-2)17(11-14-7-9-15(10-8-14)23(28)29)24-30-25(33)32(31-24)20-6-4-3-5-19(20)27/h3-10,12-13,17H,11,27H2,1-2H3,(H3,28,29)(H,30,31,33). The molecule has 0 spiro atoms. The molecule has 4 aromatic rings. The fourth-order valence-electron chi connectivity index (χ4n) is 3.89. The van der Waals surface area contributed by atoms with Gasteiger partial charge in [0.2, 0.25) is 0 Å². The lowest BCUT2D eigenvalue weighted by Crippen LogP contribution is -2.17. The number of hydrogen-bond donors (Lipinski definition) is 4. The Balaban J connectivity index is 1.84. The third-order valence-electron chi connectivity index (χ3n) is 5.71. The van der Waals surface area contributed by atoms with Gasteiger partial charge in [0.15, 0.2) is 11.5 Å². The van der Waals surface area contributed by atoms with E-state index in [-0.39, 0.29) is 23.0 Å². The second-order valence-electron chi connectivity index (χ2n) is 7.88. The number of para-hydroxylation sites is 2. The summed E-state index contributed by atoms with van der Waals surface area (Å²) in [6.45, 7) is 0. The minimum absolute atomic E-state index is 0.0532. The van der Waals surface area contributed by atoms with Gasteiger partial charge >= 0.3 is 5.69 Å². The van der Waals surface area contributed by atoms with Gasteiger partial charge in [-0.25, -0.2) is 9.18 Å². The van der Waals surface area contributed by atoms with Crippen LogP contribution < -0.4 is 26.6 Å². The quantitative estimate of drug-likeness (QED) is 0.175. The Bertz CT molecular complexity index is 1430. The van der Waals surface area contributed by atoms with Crippen molar-refractivity contribution in [2.24, 2.45) is 5.73 Å². The van der Waals surface area contributed by atoms with Crippen LogP contribution in [0.25, 0.3) is 5.69 Å². The molecule has 0 saturated heterocycles. The zero-order chi connectivity index (χ0) is 25.1. The topological polar surface area (TPSA) is 145 Å². The molecule has 0 fully saturated rings. The van der Waals surface area contributed by atoms with Crippen LogP contribution in [0.1, 0.15) is 28.4 Å². The summed E-state index contributed by atoms with van der Waals surface area (Å²) in [5.41, 5.74) is 13.5. The van der Waals surface area contributed by atoms with Crippen LogP contribution in [0, 0.1) is 11.2 Å². The van der Waals surface area contributed by atoms with Crippen molar-refractivity contribution in [3.05, 3.63) is 99.5 Å². The van der Waals surface area contributed by atoms with Crippen LogP contribution in [0.2, 0.25) is 0 Å². The van der Waals surface area contributed by atoms with E-state index in [1.165, 1.54) is 26.4 Å². The molecule has 35 heavy (non-hydrogen) atoms. The molecule has 9 nitrogen and oxygen atoms in total. The molecular formula is C25H25FN6O3. The number of methoxy groups -OCH3 is 2. The lowest BCUT2D eigenvalue weighted by atomic mass is 9.90. The average molecular weight is 477 g/mol. The molecule has 0 aliphatic carbocycles. The Morgan fingerprint density at radius 1 is 1.11 bits per heavy atom. The van der Waals surface area contributed by atoms with E-state index < -0.39 is 17.4 Å². The number of benzene rings is 3. The summed E-state index contributed by atoms with van der Waals surface area (Å²) in [6, 6.07) is 16.6. The number of anilines is 1. The molecule has 1 aromatic heterocycles. The van der Waals surface area contributed by atoms with Gasteiger partial charge in [-0.1, -0.05) is 36.4 Å². The second-order valence-corrected chi connectivity index (χ2v) is 7.88. The van der Waals surface area contributed by atoms with E-state index in [0.717, 1.165) is 10.2 Å². The van der Waals surface area contributed by atoms with E-state index in [1.54, 1.807) is 48.5 Å². The van der Waals surface area contributed by atoms with Crippen LogP contribution in [-0.4, -0.2) is 34.8 Å². The summed E-state index contributed by atoms with van der Waals surface area (Å²) in [5.74, 6) is -0.439. The van der Waals surface area contributed by atoms with Gasteiger partial charge in [-0.2, -0.15) is 4.68 Å². The van der Waals surface area contributed by atoms with Crippen LogP contribution in [0.4, 0.5) is 10.1 Å². The Hall–Kier alpha value is -4.60. The average Bonchev–Trinajstić information content (AvgIpc) is 3.24. The third kappa shape index (κ3) is 4.72. The van der Waals surface area contributed by atoms with Crippen molar-refractivity contribution >= 4 is 11.5 Å². The van der Waals surface area contributed by atoms with E-state index in [4.69, 9.17) is 26.4 Å². The highest BCUT2D eigenvalue weighted by Crippen LogP contribution is 2.36. The normalized spacial score (nSPS) is 11.7. The number of nitrogens with one attached hydrogen (secondary N) is 2. The van der Waals surface area contributed by atoms with Gasteiger partial charge in [-0.15, -0.1) is 5.10 Å². The van der Waals surface area contributed by atoms with Crippen molar-refractivity contribution in [1.29, 1.82) is 5.41 Å². The molecule has 3 aromatic carbocycles. The summed E-state index contributed by atoms with van der Waals surface area (Å²) < 4.78 is 27.1. The first-order valence-electron chi connectivity index (χ1n) is 10.7. The Kier molecular flexibility index (Phi) is 6.54. The highest BCUT2D eigenvalue weighted by atomic mass is 19.1. The zero-order valence-corrected chi connectivity index (χ0v) is 19.2. The van der Waals surface area contributed by atoms with E-state index >= 15 is 4.39 Å². The van der Waals surface area contributed by atoms with Crippen LogP contribution >= 0.6 is 0 Å². The van der Waals surface area contributed by atoms with E-state index in [0.29, 0.717) is 29.1 Å². The first-order chi connectivity index (χ1) is 16.8. The highest BCUT2D eigenvalue weighted by molar-refractivity contribution is 5.94. The maximum absolute atomic E-state index is 15.3. The van der Waals surface area contributed by atoms with Crippen molar-refractivity contribution in [2.45, 2.75) is 12.3 Å². The first-order valence-corrected chi connectivity index (χ1v) is 10.7. The lowest BCUT2D eigenvalue weighted by molar-refractivity contribution is 0.351. The number of aromatic amines is 1. The summed E-state index contributed by atoms with van der Waals surface area (Å²) in [6.07, 6.45) is 0.293. The van der Waals surface area contributed by atoms with Crippen molar-refractivity contribution in [2.75, 3.05) is 20.0 Å². The summed E-state index contributed by atoms with van der Waals surface area (Å²) in [7, 11) is 2.89. The number of nitrogen functional groups attached to an aromatic ring is 2. The fraction of sp³-hybridized carbons (Fsp3) is 0.160. The van der Waals surface area contributed by atoms with Crippen molar-refractivity contribution in [1.82, 2.24) is 14.8 Å². The van der Waals surface area contributed by atoms with Gasteiger partial charge in [0.25, 0.3) is 0 Å². The minimum Gasteiger partial charge on any atom is -0.493 e. The number of halogens is 1. The molecule has 0 aliphatic rings. The maximum atomic E-state index is 15.3. The maximum Gasteiger partial charge on any atom is 0.348 e. The molecule has 0 radical (unpaired) electrons. The SMILES string of the molecule is COc1cc(F)c(C(Cc2ccc(C(=N)N)cc2)c2nn(-c3ccccc3N)c(=O)[nH]2)cc1OC. The van der Waals surface area contributed by atoms with Gasteiger partial charge in [0.05, 0.1) is 31.5 Å². The number of rotatable bonds is 8. The summed E-state index contributed by atoms with van der Waals surface area (Å²) in [5, 5.41) is 12.1. The minimum atomic E-state index is -0.683. The monoisotopic (exact) mass is 476 g/mol. The molecule has 1 atom stereocenters. The van der Waals surface area contributed by atoms with Crippen LogP contribution in [0.3, 0.4) is 0 Å². The van der Waals surface area contributed by atoms with Crippen molar-refractivity contribution in [3.63, 3.8) is 0 Å². The Morgan fingerprint density at radius 3 is 2.40 bits per heavy atom. The molecule has 180 valence electrons. The molecular weight excluding hydrogens is 451 g/mol. The Labute approximate surface area is 200 Å². The van der Waals surface area contributed by atoms with E-state index in [9.17, 15) is 4.79 Å². The predicted octanol–water partition coefficient (Wildman–Crippen LogP) is 2.96. The molecule has 1 heterocycles. The van der Waals surface area contributed by atoms with Crippen LogP contribution in [0.5, 0.6) is 11.5 Å². The number of aromatic nitrogens is 3. The smallest absolute Gasteiger partial charge is 0.348 e. The molecule has 0 aliphatic heterocycles. The third-order valence-corrected chi connectivity index (χ3v) is 5.71. The van der Waals surface area contributed by atoms with Crippen molar-refractivity contribution < 1.29 is 13.9 Å². The summed E-state index contributed by atoms with van der Waals surface area (Å²) >= 11 is 0. The molecule has 0 saturated carbocycles. The number of nitrogens with zero attached hydrogens (tertiary/aromatic N) is 2. The second kappa shape index (κ2) is 9.72. The number of ether oxygens (including phenoxy) is 2. The van der Waals surface area contributed by atoms with Crippen LogP contribution in [0.15, 0.2) is 65.5 Å². The van der Waals surface area contributed by atoms with Gasteiger partial charge < -0.3 is 20.9 Å². The van der Waals surface area contributed by atoms with Gasteiger partial charge in [-0.3, -0.25) is 10.4 Å². The van der Waals surface area contributed by atoms with E-state index in [2.05, 4.69) is 10.1 Å². The van der Waals surface area contributed by atoms with Crippen LogP contribution in [-0.2, 0) is 6.42 Å². The van der Waals surface area contributed by atoms with Gasteiger partial charge in [0, 0.05) is 17.2 Å². The molecule has 1 unspecified atom stereocenters. The molecule has 10 heteroatoms. The van der Waals surface area contributed by atoms with Gasteiger partial charge in [0.1, 0.15) is 17.5 Å².